The summed E-state index contributed by atoms with van der Waals surface area (Å²) in [7, 11) is -4.95. The number of hydrogen-bond acceptors (Lipinski definition) is 6. The second-order valence-electron chi connectivity index (χ2n) is 10.1. The van der Waals surface area contributed by atoms with E-state index in [4.69, 9.17) is 14.0 Å². The number of primary amides is 1. The molecule has 1 saturated heterocycles. The number of allylic oxidation sites excluding steroid dienone is 1. The van der Waals surface area contributed by atoms with Crippen LogP contribution in [0.1, 0.15) is 20.8 Å². The van der Waals surface area contributed by atoms with E-state index in [9.17, 15) is 18.0 Å². The van der Waals surface area contributed by atoms with Crippen molar-refractivity contribution in [3.05, 3.63) is 114 Å². The number of nitrogens with zero attached hydrogens (tertiary/aromatic N) is 2. The predicted molar refractivity (Wildman–Crippen MR) is 160 cm³/mol. The van der Waals surface area contributed by atoms with E-state index in [1.165, 1.54) is 4.90 Å². The van der Waals surface area contributed by atoms with E-state index in [0.29, 0.717) is 27.1 Å². The van der Waals surface area contributed by atoms with Crippen molar-refractivity contribution in [1.29, 1.82) is 0 Å². The summed E-state index contributed by atoms with van der Waals surface area (Å²) in [4.78, 5) is 26.8. The van der Waals surface area contributed by atoms with Gasteiger partial charge in [-0.15, -0.1) is 0 Å². The fourth-order valence-corrected chi connectivity index (χ4v) is 13.4. The van der Waals surface area contributed by atoms with Crippen molar-refractivity contribution in [3.63, 3.8) is 0 Å². The Bertz CT molecular complexity index is 1550. The van der Waals surface area contributed by atoms with Crippen LogP contribution in [0.2, 0.25) is 0 Å². The third-order valence-corrected chi connectivity index (χ3v) is 15.0. The SMILES string of the molecule is C/C=C/P(OS(=O)(=O)ON1C(=O)N2C[C@H]1C(C)=C(C)[C@H]2C(N)=O)(c1ccccc1)(c1ccccc1)c1ccccc1. The maximum atomic E-state index is 14.2. The van der Waals surface area contributed by atoms with Crippen molar-refractivity contribution >= 4 is 45.1 Å². The van der Waals surface area contributed by atoms with Gasteiger partial charge in [0.15, 0.2) is 0 Å². The first kappa shape index (κ1) is 28.7. The summed E-state index contributed by atoms with van der Waals surface area (Å²) in [6, 6.07) is 25.0. The van der Waals surface area contributed by atoms with Gasteiger partial charge in [-0.25, -0.2) is 0 Å². The zero-order valence-corrected chi connectivity index (χ0v) is 24.7. The molecule has 0 saturated carbocycles. The molecule has 5 rings (SSSR count). The molecule has 2 N–H and O–H groups in total. The minimum atomic E-state index is -4.95. The second-order valence-corrected chi connectivity index (χ2v) is 15.7. The van der Waals surface area contributed by atoms with Crippen LogP contribution in [0.3, 0.4) is 0 Å². The van der Waals surface area contributed by atoms with Crippen molar-refractivity contribution in [3.8, 4) is 0 Å². The first-order valence-electron chi connectivity index (χ1n) is 13.1. The van der Waals surface area contributed by atoms with Crippen LogP contribution in [-0.2, 0) is 23.4 Å². The summed E-state index contributed by atoms with van der Waals surface area (Å²) in [5.74, 6) is 1.10. The van der Waals surface area contributed by atoms with E-state index < -0.39 is 41.3 Å². The monoisotopic (exact) mass is 593 g/mol. The summed E-state index contributed by atoms with van der Waals surface area (Å²) in [6.07, 6.45) is 1.77. The van der Waals surface area contributed by atoms with E-state index >= 15 is 0 Å². The average Bonchev–Trinajstić information content (AvgIpc) is 3.24. The number of carbonyl (C=O) groups is 2. The van der Waals surface area contributed by atoms with Gasteiger partial charge in [-0.3, -0.25) is 0 Å². The van der Waals surface area contributed by atoms with Crippen molar-refractivity contribution in [2.75, 3.05) is 6.54 Å². The van der Waals surface area contributed by atoms with E-state index in [2.05, 4.69) is 0 Å². The molecule has 2 aliphatic rings. The molecule has 3 amide bonds. The van der Waals surface area contributed by atoms with Gasteiger partial charge in [-0.05, 0) is 0 Å². The van der Waals surface area contributed by atoms with Gasteiger partial charge in [0, 0.05) is 0 Å². The number of fused-ring (bicyclic) bond motifs is 2. The van der Waals surface area contributed by atoms with Gasteiger partial charge in [0.1, 0.15) is 0 Å². The van der Waals surface area contributed by atoms with Crippen LogP contribution in [0.5, 0.6) is 0 Å². The van der Waals surface area contributed by atoms with Gasteiger partial charge < -0.3 is 0 Å². The number of rotatable bonds is 9. The van der Waals surface area contributed by atoms with Crippen LogP contribution in [0.4, 0.5) is 4.79 Å². The molecule has 0 spiro atoms. The van der Waals surface area contributed by atoms with Crippen LogP contribution in [0.15, 0.2) is 114 Å². The summed E-state index contributed by atoms with van der Waals surface area (Å²) in [5, 5.41) is 2.64. The van der Waals surface area contributed by atoms with Crippen molar-refractivity contribution < 1.29 is 26.3 Å². The number of hydrogen-bond donors (Lipinski definition) is 1. The Labute approximate surface area is 240 Å². The summed E-state index contributed by atoms with van der Waals surface area (Å²) < 4.78 is 40.4. The Morgan fingerprint density at radius 1 is 0.878 bits per heavy atom. The van der Waals surface area contributed by atoms with Gasteiger partial charge >= 0.3 is 240 Å². The fraction of sp³-hybridized carbons (Fsp3) is 0.200. The molecule has 0 unspecified atom stereocenters. The van der Waals surface area contributed by atoms with Gasteiger partial charge in [0.05, 0.1) is 0 Å². The Balaban J connectivity index is 1.71. The molecule has 2 heterocycles. The first-order valence-corrected chi connectivity index (χ1v) is 16.7. The molecular weight excluding hydrogens is 561 g/mol. The van der Waals surface area contributed by atoms with Crippen molar-refractivity contribution in [1.82, 2.24) is 9.96 Å². The van der Waals surface area contributed by atoms with Gasteiger partial charge in [-0.1, -0.05) is 0 Å². The van der Waals surface area contributed by atoms with Gasteiger partial charge in [0.2, 0.25) is 0 Å². The molecule has 3 aromatic carbocycles. The zero-order valence-electron chi connectivity index (χ0n) is 23.0. The Morgan fingerprint density at radius 2 is 1.34 bits per heavy atom. The summed E-state index contributed by atoms with van der Waals surface area (Å²) in [6.45, 7) is 0.824. The number of benzene rings is 3. The van der Waals surface area contributed by atoms with E-state index in [-0.39, 0.29) is 6.54 Å². The van der Waals surface area contributed by atoms with Gasteiger partial charge in [0.25, 0.3) is 0 Å². The van der Waals surface area contributed by atoms with E-state index in [1.54, 1.807) is 32.7 Å². The third-order valence-electron chi connectivity index (χ3n) is 7.86. The molecule has 2 aliphatic heterocycles. The number of urea groups is 1. The molecule has 2 atom stereocenters. The predicted octanol–water partition coefficient (Wildman–Crippen LogP) is 3.47. The van der Waals surface area contributed by atoms with Crippen molar-refractivity contribution in [2.24, 2.45) is 5.73 Å². The topological polar surface area (TPSA) is 119 Å². The zero-order chi connectivity index (χ0) is 29.4. The molecule has 214 valence electrons. The summed E-state index contributed by atoms with van der Waals surface area (Å²) >= 11 is 0. The average molecular weight is 594 g/mol. The molecule has 9 nitrogen and oxygen atoms in total. The van der Waals surface area contributed by atoms with Crippen LogP contribution < -0.4 is 21.6 Å². The minimum absolute atomic E-state index is 0.0552. The maximum absolute atomic E-state index is 14.2. The molecule has 11 heteroatoms. The number of carbonyl (C=O) groups excluding carboxylic acids is 2. The van der Waals surface area contributed by atoms with Crippen molar-refractivity contribution in [2.45, 2.75) is 32.9 Å². The number of nitrogens with two attached hydrogens (primary N) is 1. The van der Waals surface area contributed by atoms with E-state index in [1.807, 2.05) is 91.0 Å². The molecule has 41 heavy (non-hydrogen) atoms. The Kier molecular flexibility index (Phi) is 7.38. The molecule has 3 aromatic rings. The number of amides is 3. The van der Waals surface area contributed by atoms with Crippen LogP contribution in [0.25, 0.3) is 0 Å². The standard InChI is InChI=1S/C30H32N3O6PS/c1-4-20-40(24-14-8-5-9-15-24,25-16-10-6-11-17-25,26-18-12-7-13-19-26)39-41(36,37)38-33-27-21-32(30(33)35)28(29(31)34)23(3)22(27)2/h4-20,27-28H,21H2,1-3H3,(H2,31,34)/b20-4+/t27-,28-/m0/s1. The molecule has 2 bridgehead atoms. The van der Waals surface area contributed by atoms with E-state index in [0.717, 1.165) is 5.06 Å². The Hall–Kier alpha value is -3.82. The van der Waals surface area contributed by atoms with Gasteiger partial charge in [-0.2, -0.15) is 0 Å². The summed E-state index contributed by atoms with van der Waals surface area (Å²) in [5.41, 5.74) is 6.81. The van der Waals surface area contributed by atoms with Crippen LogP contribution in [0, 0.1) is 0 Å². The molecular formula is C30H32N3O6PS. The Morgan fingerprint density at radius 3 is 1.76 bits per heavy atom. The van der Waals surface area contributed by atoms with Crippen LogP contribution >= 0.6 is 6.83 Å². The molecule has 0 aromatic heterocycles. The second kappa shape index (κ2) is 10.5. The quantitative estimate of drug-likeness (QED) is 0.300. The fourth-order valence-electron chi connectivity index (χ4n) is 5.91. The molecule has 0 aliphatic carbocycles. The third kappa shape index (κ3) is 4.48. The molecule has 1 fully saturated rings. The first-order chi connectivity index (χ1) is 19.5. The normalized spacial score (nSPS) is 20.4. The van der Waals surface area contributed by atoms with Crippen LogP contribution in [-0.4, -0.2) is 48.9 Å². The number of hydroxylamine groups is 2. The molecule has 0 radical (unpaired) electrons.